The average Bonchev–Trinajstić information content (AvgIpc) is 2.87. The molecule has 0 bridgehead atoms. The van der Waals surface area contributed by atoms with E-state index in [0.29, 0.717) is 19.4 Å². The van der Waals surface area contributed by atoms with Gasteiger partial charge in [-0.3, -0.25) is 4.79 Å². The molecule has 1 fully saturated rings. The summed E-state index contributed by atoms with van der Waals surface area (Å²) in [4.78, 5) is 12.4. The van der Waals surface area contributed by atoms with E-state index in [1.807, 2.05) is 6.92 Å². The first-order chi connectivity index (χ1) is 8.98. The molecule has 0 spiro atoms. The summed E-state index contributed by atoms with van der Waals surface area (Å²) in [5.41, 5.74) is 6.35. The zero-order valence-corrected chi connectivity index (χ0v) is 12.0. The minimum absolute atomic E-state index is 0.0445. The molecule has 0 aromatic rings. The molecule has 2 N–H and O–H groups in total. The number of sulfone groups is 1. The maximum atomic E-state index is 12.4. The average molecular weight is 287 g/mol. The summed E-state index contributed by atoms with van der Waals surface area (Å²) in [6.45, 7) is 2.52. The van der Waals surface area contributed by atoms with Gasteiger partial charge in [-0.1, -0.05) is 6.92 Å². The second-order valence-electron chi connectivity index (χ2n) is 5.17. The molecule has 0 aliphatic carbocycles. The summed E-state index contributed by atoms with van der Waals surface area (Å²) in [6, 6.07) is -0.276. The van der Waals surface area contributed by atoms with Crippen LogP contribution < -0.4 is 5.73 Å². The van der Waals surface area contributed by atoms with Gasteiger partial charge in [0.15, 0.2) is 9.84 Å². The standard InChI is InChI=1S/C12H21N3O3S/c1-2-11-10(4-3-6-13)12(16)15(14-11)9-5-7-19(17,18)8-9/h9-10H,2-8,13H2,1H3. The van der Waals surface area contributed by atoms with Gasteiger partial charge in [-0.15, -0.1) is 0 Å². The number of rotatable bonds is 5. The second-order valence-corrected chi connectivity index (χ2v) is 7.40. The number of hydrogen-bond donors (Lipinski definition) is 1. The highest BCUT2D eigenvalue weighted by Crippen LogP contribution is 2.28. The third-order valence-electron chi connectivity index (χ3n) is 3.78. The van der Waals surface area contributed by atoms with Gasteiger partial charge in [-0.25, -0.2) is 13.4 Å². The van der Waals surface area contributed by atoms with E-state index in [0.717, 1.165) is 18.6 Å². The van der Waals surface area contributed by atoms with Crippen LogP contribution in [0.1, 0.15) is 32.6 Å². The van der Waals surface area contributed by atoms with Gasteiger partial charge in [0.2, 0.25) is 0 Å². The molecule has 2 aliphatic heterocycles. The number of nitrogens with zero attached hydrogens (tertiary/aromatic N) is 2. The molecular weight excluding hydrogens is 266 g/mol. The fourth-order valence-corrected chi connectivity index (χ4v) is 4.41. The molecule has 0 radical (unpaired) electrons. The number of amides is 1. The van der Waals surface area contributed by atoms with E-state index in [-0.39, 0.29) is 29.4 Å². The summed E-state index contributed by atoms with van der Waals surface area (Å²) in [7, 11) is -3.00. The van der Waals surface area contributed by atoms with Crippen LogP contribution in [0, 0.1) is 5.92 Å². The van der Waals surface area contributed by atoms with Crippen LogP contribution in [-0.2, 0) is 14.6 Å². The van der Waals surface area contributed by atoms with Crippen molar-refractivity contribution in [2.75, 3.05) is 18.1 Å². The van der Waals surface area contributed by atoms with Crippen LogP contribution in [0.3, 0.4) is 0 Å². The van der Waals surface area contributed by atoms with Crippen molar-refractivity contribution in [3.05, 3.63) is 0 Å². The van der Waals surface area contributed by atoms with E-state index in [1.165, 1.54) is 5.01 Å². The highest BCUT2D eigenvalue weighted by molar-refractivity contribution is 7.91. The molecule has 19 heavy (non-hydrogen) atoms. The highest BCUT2D eigenvalue weighted by Gasteiger charge is 2.42. The van der Waals surface area contributed by atoms with Gasteiger partial charge < -0.3 is 5.73 Å². The normalized spacial score (nSPS) is 29.9. The Morgan fingerprint density at radius 2 is 2.21 bits per heavy atom. The van der Waals surface area contributed by atoms with E-state index < -0.39 is 9.84 Å². The Labute approximate surface area is 113 Å². The predicted octanol–water partition coefficient (Wildman–Crippen LogP) is 0.137. The minimum atomic E-state index is -3.00. The Kier molecular flexibility index (Phi) is 4.25. The Morgan fingerprint density at radius 3 is 2.74 bits per heavy atom. The molecule has 2 atom stereocenters. The summed E-state index contributed by atoms with van der Waals surface area (Å²) < 4.78 is 23.0. The lowest BCUT2D eigenvalue weighted by molar-refractivity contribution is -0.133. The fourth-order valence-electron chi connectivity index (χ4n) is 2.72. The van der Waals surface area contributed by atoms with Gasteiger partial charge in [0, 0.05) is 0 Å². The number of carbonyl (C=O) groups excluding carboxylic acids is 1. The topological polar surface area (TPSA) is 92.8 Å². The molecule has 6 nitrogen and oxygen atoms in total. The molecule has 2 aliphatic rings. The molecule has 2 rings (SSSR count). The predicted molar refractivity (Wildman–Crippen MR) is 73.4 cm³/mol. The minimum Gasteiger partial charge on any atom is -0.330 e. The lowest BCUT2D eigenvalue weighted by Crippen LogP contribution is -2.37. The Morgan fingerprint density at radius 1 is 1.47 bits per heavy atom. The first kappa shape index (κ1) is 14.5. The Hall–Kier alpha value is -0.950. The van der Waals surface area contributed by atoms with Crippen LogP contribution in [-0.4, -0.2) is 49.1 Å². The smallest absolute Gasteiger partial charge is 0.251 e. The van der Waals surface area contributed by atoms with Crippen molar-refractivity contribution >= 4 is 21.5 Å². The van der Waals surface area contributed by atoms with Gasteiger partial charge in [0.05, 0.1) is 29.2 Å². The zero-order chi connectivity index (χ0) is 14.0. The molecule has 7 heteroatoms. The van der Waals surface area contributed by atoms with E-state index in [9.17, 15) is 13.2 Å². The number of carbonyl (C=O) groups is 1. The Bertz CT molecular complexity index is 486. The zero-order valence-electron chi connectivity index (χ0n) is 11.2. The molecule has 1 saturated heterocycles. The van der Waals surface area contributed by atoms with Crippen LogP contribution >= 0.6 is 0 Å². The van der Waals surface area contributed by atoms with E-state index >= 15 is 0 Å². The molecule has 0 aromatic carbocycles. The lowest BCUT2D eigenvalue weighted by Gasteiger charge is -2.19. The molecule has 2 heterocycles. The van der Waals surface area contributed by atoms with Crippen LogP contribution in [0.15, 0.2) is 5.10 Å². The highest BCUT2D eigenvalue weighted by atomic mass is 32.2. The second kappa shape index (κ2) is 5.58. The van der Waals surface area contributed by atoms with Crippen molar-refractivity contribution in [3.8, 4) is 0 Å². The summed E-state index contributed by atoms with van der Waals surface area (Å²) in [5, 5.41) is 5.79. The largest absolute Gasteiger partial charge is 0.330 e. The molecule has 0 aromatic heterocycles. The van der Waals surface area contributed by atoms with Gasteiger partial charge >= 0.3 is 0 Å². The molecule has 0 saturated carbocycles. The van der Waals surface area contributed by atoms with Crippen molar-refractivity contribution in [2.45, 2.75) is 38.6 Å². The lowest BCUT2D eigenvalue weighted by atomic mass is 9.95. The number of hydrogen-bond acceptors (Lipinski definition) is 5. The first-order valence-corrected chi connectivity index (χ1v) is 8.61. The third kappa shape index (κ3) is 2.97. The summed E-state index contributed by atoms with van der Waals surface area (Å²) in [5.74, 6) is -0.0430. The summed E-state index contributed by atoms with van der Waals surface area (Å²) in [6.07, 6.45) is 2.71. The van der Waals surface area contributed by atoms with Crippen molar-refractivity contribution in [2.24, 2.45) is 16.8 Å². The maximum absolute atomic E-state index is 12.4. The monoisotopic (exact) mass is 287 g/mol. The molecule has 108 valence electrons. The number of hydrazone groups is 1. The Balaban J connectivity index is 2.11. The third-order valence-corrected chi connectivity index (χ3v) is 5.53. The van der Waals surface area contributed by atoms with Crippen molar-refractivity contribution in [3.63, 3.8) is 0 Å². The molecule has 2 unspecified atom stereocenters. The van der Waals surface area contributed by atoms with Gasteiger partial charge in [-0.05, 0) is 32.2 Å². The van der Waals surface area contributed by atoms with Crippen LogP contribution in [0.5, 0.6) is 0 Å². The van der Waals surface area contributed by atoms with Gasteiger partial charge in [0.1, 0.15) is 0 Å². The quantitative estimate of drug-likeness (QED) is 0.778. The van der Waals surface area contributed by atoms with E-state index in [2.05, 4.69) is 5.10 Å². The maximum Gasteiger partial charge on any atom is 0.251 e. The fraction of sp³-hybridized carbons (Fsp3) is 0.833. The van der Waals surface area contributed by atoms with E-state index in [4.69, 9.17) is 5.73 Å². The van der Waals surface area contributed by atoms with Gasteiger partial charge in [-0.2, -0.15) is 5.10 Å². The van der Waals surface area contributed by atoms with Crippen molar-refractivity contribution in [1.82, 2.24) is 5.01 Å². The van der Waals surface area contributed by atoms with Crippen molar-refractivity contribution < 1.29 is 13.2 Å². The molecular formula is C12H21N3O3S. The first-order valence-electron chi connectivity index (χ1n) is 6.79. The van der Waals surface area contributed by atoms with Crippen LogP contribution in [0.4, 0.5) is 0 Å². The van der Waals surface area contributed by atoms with Crippen LogP contribution in [0.25, 0.3) is 0 Å². The number of nitrogens with two attached hydrogens (primary N) is 1. The molecule has 1 amide bonds. The van der Waals surface area contributed by atoms with Crippen LogP contribution in [0.2, 0.25) is 0 Å². The SMILES string of the molecule is CCC1=NN(C2CCS(=O)(=O)C2)C(=O)C1CCCN. The van der Waals surface area contributed by atoms with Gasteiger partial charge in [0.25, 0.3) is 5.91 Å². The van der Waals surface area contributed by atoms with Crippen molar-refractivity contribution in [1.29, 1.82) is 0 Å². The summed E-state index contributed by atoms with van der Waals surface area (Å²) >= 11 is 0. The van der Waals surface area contributed by atoms with E-state index in [1.54, 1.807) is 0 Å².